The van der Waals surface area contributed by atoms with Gasteiger partial charge >= 0.3 is 0 Å². The number of hydrogen-bond acceptors (Lipinski definition) is 8. The predicted molar refractivity (Wildman–Crippen MR) is 174 cm³/mol. The minimum Gasteiger partial charge on any atom is -0.379 e. The van der Waals surface area contributed by atoms with Crippen LogP contribution in [0.3, 0.4) is 0 Å². The van der Waals surface area contributed by atoms with Crippen molar-refractivity contribution < 1.29 is 33.4 Å². The zero-order valence-corrected chi connectivity index (χ0v) is 29.8. The molecular weight excluding hydrogens is 578 g/mol. The van der Waals surface area contributed by atoms with Crippen LogP contribution in [0.4, 0.5) is 0 Å². The first-order chi connectivity index (χ1) is 21.1. The Labute approximate surface area is 271 Å². The largest absolute Gasteiger partial charge is 0.379 e. The van der Waals surface area contributed by atoms with Gasteiger partial charge in [0.15, 0.2) is 0 Å². The Hall–Kier alpha value is -2.57. The highest BCUT2D eigenvalue weighted by atomic mass is 16.5. The highest BCUT2D eigenvalue weighted by Crippen LogP contribution is 2.29. The smallest absolute Gasteiger partial charge is 0.245 e. The zero-order valence-electron chi connectivity index (χ0n) is 29.8. The normalized spacial score (nSPS) is 19.9. The topological polar surface area (TPSA) is 138 Å². The highest BCUT2D eigenvalue weighted by Gasteiger charge is 2.43. The summed E-state index contributed by atoms with van der Waals surface area (Å²) in [4.78, 5) is 69.9. The van der Waals surface area contributed by atoms with Gasteiger partial charge in [-0.25, -0.2) is 0 Å². The fraction of sp³-hybridized carbons (Fsp3) is 0.848. The molecule has 0 radical (unpaired) electrons. The van der Waals surface area contributed by atoms with E-state index >= 15 is 0 Å². The van der Waals surface area contributed by atoms with Crippen LogP contribution < -0.4 is 10.6 Å². The van der Waals surface area contributed by atoms with E-state index in [4.69, 9.17) is 9.47 Å². The molecule has 8 atom stereocenters. The number of nitrogens with one attached hydrogen (secondary N) is 2. The summed E-state index contributed by atoms with van der Waals surface area (Å²) in [6, 6.07) is -1.89. The van der Waals surface area contributed by atoms with Crippen LogP contribution in [0.5, 0.6) is 0 Å². The van der Waals surface area contributed by atoms with Crippen molar-refractivity contribution in [2.45, 2.75) is 111 Å². The molecule has 0 spiro atoms. The summed E-state index contributed by atoms with van der Waals surface area (Å²) in [5.41, 5.74) is 0. The number of likely N-dealkylation sites (N-methyl/N-ethyl adjacent to an activating group) is 2. The summed E-state index contributed by atoms with van der Waals surface area (Å²) < 4.78 is 11.7. The molecule has 12 heteroatoms. The van der Waals surface area contributed by atoms with Crippen LogP contribution >= 0.6 is 0 Å². The highest BCUT2D eigenvalue weighted by molar-refractivity contribution is 5.90. The van der Waals surface area contributed by atoms with Crippen LogP contribution in [0.2, 0.25) is 0 Å². The molecule has 1 aliphatic rings. The summed E-state index contributed by atoms with van der Waals surface area (Å²) in [6.07, 6.45) is 1.70. The van der Waals surface area contributed by atoms with Gasteiger partial charge in [0.2, 0.25) is 23.6 Å². The van der Waals surface area contributed by atoms with Crippen LogP contribution in [-0.2, 0) is 33.4 Å². The van der Waals surface area contributed by atoms with Crippen molar-refractivity contribution in [1.82, 2.24) is 25.3 Å². The van der Waals surface area contributed by atoms with Gasteiger partial charge in [-0.1, -0.05) is 54.9 Å². The second-order valence-corrected chi connectivity index (χ2v) is 13.4. The predicted octanol–water partition coefficient (Wildman–Crippen LogP) is 1.95. The second-order valence-electron chi connectivity index (χ2n) is 13.4. The molecule has 1 heterocycles. The summed E-state index contributed by atoms with van der Waals surface area (Å²) in [5.74, 6) is -1.57. The average Bonchev–Trinajstić information content (AvgIpc) is 3.46. The van der Waals surface area contributed by atoms with Gasteiger partial charge in [0.25, 0.3) is 0 Å². The average molecular weight is 640 g/mol. The lowest BCUT2D eigenvalue weighted by molar-refractivity contribution is -0.148. The lowest BCUT2D eigenvalue weighted by Gasteiger charge is -2.41. The molecule has 0 aromatic carbocycles. The summed E-state index contributed by atoms with van der Waals surface area (Å²) >= 11 is 0. The number of methoxy groups -OCH3 is 2. The van der Waals surface area contributed by atoms with Gasteiger partial charge in [0.05, 0.1) is 49.2 Å². The van der Waals surface area contributed by atoms with Crippen LogP contribution in [0, 0.1) is 23.7 Å². The number of carbonyl (C=O) groups excluding carboxylic acids is 5. The first-order valence-corrected chi connectivity index (χ1v) is 16.4. The molecule has 2 unspecified atom stereocenters. The molecule has 2 N–H and O–H groups in total. The molecule has 45 heavy (non-hydrogen) atoms. The van der Waals surface area contributed by atoms with E-state index < -0.39 is 30.2 Å². The lowest BCUT2D eigenvalue weighted by atomic mass is 9.89. The van der Waals surface area contributed by atoms with E-state index in [1.165, 1.54) is 7.11 Å². The van der Waals surface area contributed by atoms with Gasteiger partial charge in [0.1, 0.15) is 12.3 Å². The molecular formula is C33H61N5O7. The molecule has 0 aromatic rings. The number of amides is 4. The number of rotatable bonds is 19. The number of ether oxygens (including phenoxy) is 2. The van der Waals surface area contributed by atoms with E-state index in [1.807, 2.05) is 60.5 Å². The molecule has 0 aromatic heterocycles. The SMILES string of the molecule is CC[C@H](C)[C@@H]([C@@H](CC(=O)N1CCC[C@H]1[C@H](OC)[C@@H](C)C(=O)NCC=O)OC)N(C)C(=O)C(NC(=O)C(C(C)C)N(C)C)C(C)C. The van der Waals surface area contributed by atoms with E-state index in [-0.39, 0.29) is 66.4 Å². The first kappa shape index (κ1) is 40.5. The number of hydrogen-bond donors (Lipinski definition) is 2. The monoisotopic (exact) mass is 639 g/mol. The molecule has 260 valence electrons. The Kier molecular flexibility index (Phi) is 17.2. The Morgan fingerprint density at radius 2 is 1.58 bits per heavy atom. The first-order valence-electron chi connectivity index (χ1n) is 16.4. The van der Waals surface area contributed by atoms with Crippen molar-refractivity contribution in [1.29, 1.82) is 0 Å². The molecule has 0 aliphatic carbocycles. The van der Waals surface area contributed by atoms with Crippen molar-refractivity contribution in [3.05, 3.63) is 0 Å². The maximum absolute atomic E-state index is 14.1. The van der Waals surface area contributed by atoms with E-state index in [9.17, 15) is 24.0 Å². The third-order valence-corrected chi connectivity index (χ3v) is 9.31. The van der Waals surface area contributed by atoms with Gasteiger partial charge in [-0.3, -0.25) is 24.1 Å². The molecule has 0 saturated carbocycles. The van der Waals surface area contributed by atoms with Gasteiger partial charge in [0, 0.05) is 27.8 Å². The molecule has 4 amide bonds. The fourth-order valence-electron chi connectivity index (χ4n) is 6.71. The summed E-state index contributed by atoms with van der Waals surface area (Å²) in [6.45, 7) is 14.0. The van der Waals surface area contributed by atoms with Crippen molar-refractivity contribution in [2.24, 2.45) is 23.7 Å². The van der Waals surface area contributed by atoms with Gasteiger partial charge < -0.3 is 34.7 Å². The number of aldehydes is 1. The Morgan fingerprint density at radius 3 is 2.04 bits per heavy atom. The molecule has 1 aliphatic heterocycles. The Balaban J connectivity index is 3.26. The van der Waals surface area contributed by atoms with Gasteiger partial charge in [-0.2, -0.15) is 0 Å². The molecule has 0 bridgehead atoms. The molecule has 1 fully saturated rings. The van der Waals surface area contributed by atoms with Crippen LogP contribution in [0.15, 0.2) is 0 Å². The number of carbonyl (C=O) groups is 5. The molecule has 1 rings (SSSR count). The second kappa shape index (κ2) is 19.2. The standard InChI is InChI=1S/C33H61N5O7/c1-13-22(6)29(37(10)33(43)27(20(2)3)35-32(42)28(21(4)5)36(8)9)25(44-11)19-26(40)38-17-14-15-24(38)30(45-12)23(7)31(41)34-16-18-39/h18,20-25,27-30H,13-17,19H2,1-12H3,(H,34,41)(H,35,42)/t22-,23+,24-,25+,27?,28?,29-,30+/m0/s1. The molecule has 1 saturated heterocycles. The van der Waals surface area contributed by atoms with Crippen LogP contribution in [-0.4, -0.2) is 129 Å². The van der Waals surface area contributed by atoms with Crippen LogP contribution in [0.1, 0.15) is 74.1 Å². The molecule has 12 nitrogen and oxygen atoms in total. The van der Waals surface area contributed by atoms with E-state index in [2.05, 4.69) is 10.6 Å². The zero-order chi connectivity index (χ0) is 34.6. The lowest BCUT2D eigenvalue weighted by Crippen LogP contribution is -2.59. The fourth-order valence-corrected chi connectivity index (χ4v) is 6.71. The van der Waals surface area contributed by atoms with E-state index in [0.717, 1.165) is 12.8 Å². The van der Waals surface area contributed by atoms with Gasteiger partial charge in [-0.15, -0.1) is 0 Å². The van der Waals surface area contributed by atoms with Crippen molar-refractivity contribution in [2.75, 3.05) is 48.5 Å². The third-order valence-electron chi connectivity index (χ3n) is 9.31. The van der Waals surface area contributed by atoms with Crippen LogP contribution in [0.25, 0.3) is 0 Å². The minimum atomic E-state index is -0.749. The van der Waals surface area contributed by atoms with E-state index in [1.54, 1.807) is 30.9 Å². The Morgan fingerprint density at radius 1 is 0.956 bits per heavy atom. The maximum Gasteiger partial charge on any atom is 0.245 e. The van der Waals surface area contributed by atoms with Crippen molar-refractivity contribution >= 4 is 29.9 Å². The summed E-state index contributed by atoms with van der Waals surface area (Å²) in [5, 5.41) is 5.60. The van der Waals surface area contributed by atoms with Crippen molar-refractivity contribution in [3.8, 4) is 0 Å². The number of nitrogens with zero attached hydrogens (tertiary/aromatic N) is 3. The van der Waals surface area contributed by atoms with Gasteiger partial charge in [-0.05, 0) is 44.7 Å². The minimum absolute atomic E-state index is 0.00645. The quantitative estimate of drug-likeness (QED) is 0.205. The number of likely N-dealkylation sites (tertiary alicyclic amines) is 1. The maximum atomic E-state index is 14.1. The van der Waals surface area contributed by atoms with E-state index in [0.29, 0.717) is 19.3 Å². The Bertz CT molecular complexity index is 967. The third kappa shape index (κ3) is 10.7. The summed E-state index contributed by atoms with van der Waals surface area (Å²) in [7, 11) is 8.51. The van der Waals surface area contributed by atoms with Crippen molar-refractivity contribution in [3.63, 3.8) is 0 Å².